The second kappa shape index (κ2) is 11.8. The molecule has 0 aliphatic rings. The molecule has 0 aromatic heterocycles. The van der Waals surface area contributed by atoms with Gasteiger partial charge in [0.05, 0.1) is 0 Å². The van der Waals surface area contributed by atoms with Gasteiger partial charge in [-0.25, -0.2) is 4.79 Å². The van der Waals surface area contributed by atoms with Crippen molar-refractivity contribution in [1.29, 1.82) is 0 Å². The van der Waals surface area contributed by atoms with Gasteiger partial charge in [0.25, 0.3) is 0 Å². The monoisotopic (exact) mass is 336 g/mol. The van der Waals surface area contributed by atoms with Gasteiger partial charge in [0.2, 0.25) is 0 Å². The van der Waals surface area contributed by atoms with E-state index in [1.165, 1.54) is 0 Å². The Morgan fingerprint density at radius 1 is 1.05 bits per heavy atom. The number of carbonyl (C=O) groups is 1. The number of nitrogens with zero attached hydrogens (tertiary/aromatic N) is 1. The number of carbonyl (C=O) groups excluding carboxylic acids is 1. The molecule has 0 aromatic carbocycles. The van der Waals surface area contributed by atoms with Crippen molar-refractivity contribution in [3.8, 4) is 0 Å². The molecule has 0 saturated carbocycles. The summed E-state index contributed by atoms with van der Waals surface area (Å²) in [6.45, 7) is 8.17. The molecule has 2 N–H and O–H groups in total. The minimum Gasteiger partial charge on any atom is -0.446 e. The fourth-order valence-electron chi connectivity index (χ4n) is 2.17. The summed E-state index contributed by atoms with van der Waals surface area (Å²) in [5, 5.41) is 0. The number of primary amides is 1. The third kappa shape index (κ3) is 9.37. The van der Waals surface area contributed by atoms with E-state index >= 15 is 0 Å². The van der Waals surface area contributed by atoms with Crippen LogP contribution >= 0.6 is 0 Å². The van der Waals surface area contributed by atoms with Gasteiger partial charge in [-0.15, -0.1) is 0 Å². The Kier molecular flexibility index (Phi) is 11.5. The highest BCUT2D eigenvalue weighted by atomic mass is 28.4. The van der Waals surface area contributed by atoms with E-state index in [2.05, 4.69) is 0 Å². The van der Waals surface area contributed by atoms with Crippen molar-refractivity contribution in [2.75, 3.05) is 40.5 Å². The lowest BCUT2D eigenvalue weighted by molar-refractivity contribution is 0.0586. The van der Waals surface area contributed by atoms with Crippen molar-refractivity contribution < 1.29 is 22.8 Å². The smallest absolute Gasteiger partial charge is 0.446 e. The Labute approximate surface area is 135 Å². The summed E-state index contributed by atoms with van der Waals surface area (Å²) in [4.78, 5) is 13.1. The molecule has 22 heavy (non-hydrogen) atoms. The van der Waals surface area contributed by atoms with Crippen molar-refractivity contribution in [2.45, 2.75) is 45.8 Å². The highest BCUT2D eigenvalue weighted by molar-refractivity contribution is 6.60. The molecule has 1 unspecified atom stereocenters. The van der Waals surface area contributed by atoms with E-state index in [0.29, 0.717) is 38.7 Å². The van der Waals surface area contributed by atoms with E-state index in [1.54, 1.807) is 0 Å². The predicted molar refractivity (Wildman–Crippen MR) is 87.7 cm³/mol. The van der Waals surface area contributed by atoms with Crippen LogP contribution in [-0.4, -0.2) is 66.4 Å². The molecular formula is C14H32N2O5Si. The van der Waals surface area contributed by atoms with Gasteiger partial charge in [0.1, 0.15) is 6.10 Å². The molecule has 7 nitrogen and oxygen atoms in total. The second-order valence-corrected chi connectivity index (χ2v) is 7.90. The molecular weight excluding hydrogens is 304 g/mol. The van der Waals surface area contributed by atoms with Gasteiger partial charge < -0.3 is 28.6 Å². The van der Waals surface area contributed by atoms with Gasteiger partial charge >= 0.3 is 14.9 Å². The van der Waals surface area contributed by atoms with Crippen LogP contribution in [-0.2, 0) is 18.0 Å². The van der Waals surface area contributed by atoms with Crippen LogP contribution in [0.4, 0.5) is 4.79 Å². The van der Waals surface area contributed by atoms with Crippen molar-refractivity contribution in [2.24, 2.45) is 5.73 Å². The fourth-order valence-corrected chi connectivity index (χ4v) is 4.85. The van der Waals surface area contributed by atoms with Crippen LogP contribution in [0.2, 0.25) is 6.04 Å². The molecule has 0 heterocycles. The third-order valence-corrected chi connectivity index (χ3v) is 6.13. The summed E-state index contributed by atoms with van der Waals surface area (Å²) in [5.41, 5.74) is 5.16. The lowest BCUT2D eigenvalue weighted by Gasteiger charge is -2.30. The van der Waals surface area contributed by atoms with Crippen molar-refractivity contribution in [3.63, 3.8) is 0 Å². The SMILES string of the molecule is CCO[Si](CCC(CCN(C)C)OC(N)=O)(OCC)OCC. The summed E-state index contributed by atoms with van der Waals surface area (Å²) in [5.74, 6) is 0. The standard InChI is InChI=1S/C14H32N2O5Si/c1-6-18-22(19-7-2,20-8-3)12-10-13(21-14(15)17)9-11-16(4)5/h13H,6-12H2,1-5H3,(H2,15,17). The topological polar surface area (TPSA) is 83.2 Å². The van der Waals surface area contributed by atoms with E-state index in [0.717, 1.165) is 6.54 Å². The van der Waals surface area contributed by atoms with E-state index in [9.17, 15) is 4.79 Å². The minimum atomic E-state index is -2.71. The maximum absolute atomic E-state index is 11.1. The average Bonchev–Trinajstić information content (AvgIpc) is 2.42. The number of ether oxygens (including phenoxy) is 1. The van der Waals surface area contributed by atoms with Crippen LogP contribution in [0.5, 0.6) is 0 Å². The molecule has 1 amide bonds. The lowest BCUT2D eigenvalue weighted by atomic mass is 10.2. The first-order valence-corrected chi connectivity index (χ1v) is 9.84. The molecule has 0 spiro atoms. The summed E-state index contributed by atoms with van der Waals surface area (Å²) < 4.78 is 22.6. The zero-order valence-electron chi connectivity index (χ0n) is 14.6. The Balaban J connectivity index is 4.72. The molecule has 0 bridgehead atoms. The summed E-state index contributed by atoms with van der Waals surface area (Å²) in [6, 6.07) is 0.605. The molecule has 0 aliphatic carbocycles. The van der Waals surface area contributed by atoms with Crippen LogP contribution in [0.3, 0.4) is 0 Å². The van der Waals surface area contributed by atoms with Gasteiger partial charge in [-0.1, -0.05) is 0 Å². The summed E-state index contributed by atoms with van der Waals surface area (Å²) in [7, 11) is 1.24. The molecule has 0 rings (SSSR count). The number of nitrogens with two attached hydrogens (primary N) is 1. The Hall–Kier alpha value is -0.673. The van der Waals surface area contributed by atoms with Gasteiger partial charge in [0, 0.05) is 32.4 Å². The molecule has 0 aromatic rings. The molecule has 0 radical (unpaired) electrons. The number of hydrogen-bond donors (Lipinski definition) is 1. The fraction of sp³-hybridized carbons (Fsp3) is 0.929. The van der Waals surface area contributed by atoms with Crippen molar-refractivity contribution in [3.05, 3.63) is 0 Å². The molecule has 0 saturated heterocycles. The first kappa shape index (κ1) is 21.3. The largest absolute Gasteiger partial charge is 0.501 e. The van der Waals surface area contributed by atoms with Crippen molar-refractivity contribution in [1.82, 2.24) is 4.90 Å². The highest BCUT2D eigenvalue weighted by Gasteiger charge is 2.40. The van der Waals surface area contributed by atoms with Crippen LogP contribution in [0, 0.1) is 0 Å². The molecule has 132 valence electrons. The minimum absolute atomic E-state index is 0.256. The van der Waals surface area contributed by atoms with Gasteiger partial charge in [-0.05, 0) is 47.7 Å². The summed E-state index contributed by atoms with van der Waals surface area (Å²) in [6.07, 6.45) is 0.321. The van der Waals surface area contributed by atoms with E-state index < -0.39 is 14.9 Å². The Bertz CT molecular complexity index is 288. The van der Waals surface area contributed by atoms with Crippen molar-refractivity contribution >= 4 is 14.9 Å². The highest BCUT2D eigenvalue weighted by Crippen LogP contribution is 2.21. The lowest BCUT2D eigenvalue weighted by Crippen LogP contribution is -2.46. The molecule has 1 atom stereocenters. The molecule has 0 fully saturated rings. The van der Waals surface area contributed by atoms with E-state index in [1.807, 2.05) is 39.8 Å². The molecule has 0 aliphatic heterocycles. The van der Waals surface area contributed by atoms with Crippen LogP contribution < -0.4 is 5.73 Å². The quantitative estimate of drug-likeness (QED) is 0.517. The van der Waals surface area contributed by atoms with Gasteiger partial charge in [-0.3, -0.25) is 0 Å². The van der Waals surface area contributed by atoms with Crippen LogP contribution in [0.15, 0.2) is 0 Å². The maximum Gasteiger partial charge on any atom is 0.501 e. The Morgan fingerprint density at radius 3 is 1.91 bits per heavy atom. The predicted octanol–water partition coefficient (Wildman–Crippen LogP) is 1.84. The number of rotatable bonds is 13. The zero-order chi connectivity index (χ0) is 17.0. The summed E-state index contributed by atoms with van der Waals surface area (Å²) >= 11 is 0. The first-order valence-electron chi connectivity index (χ1n) is 7.91. The third-order valence-electron chi connectivity index (χ3n) is 3.05. The van der Waals surface area contributed by atoms with E-state index in [4.69, 9.17) is 23.7 Å². The van der Waals surface area contributed by atoms with Crippen LogP contribution in [0.25, 0.3) is 0 Å². The number of amides is 1. The van der Waals surface area contributed by atoms with Crippen LogP contribution in [0.1, 0.15) is 33.6 Å². The van der Waals surface area contributed by atoms with Gasteiger partial charge in [0.15, 0.2) is 0 Å². The molecule has 8 heteroatoms. The number of hydrogen-bond acceptors (Lipinski definition) is 6. The second-order valence-electron chi connectivity index (χ2n) is 5.17. The zero-order valence-corrected chi connectivity index (χ0v) is 15.6. The first-order chi connectivity index (χ1) is 10.4. The normalized spacial score (nSPS) is 13.4. The average molecular weight is 337 g/mol. The van der Waals surface area contributed by atoms with Gasteiger partial charge in [-0.2, -0.15) is 0 Å². The Morgan fingerprint density at radius 2 is 1.55 bits per heavy atom. The van der Waals surface area contributed by atoms with E-state index in [-0.39, 0.29) is 6.10 Å². The maximum atomic E-state index is 11.1.